The smallest absolute Gasteiger partial charge is 0.122 e. The third-order valence-electron chi connectivity index (χ3n) is 3.38. The van der Waals surface area contributed by atoms with E-state index in [4.69, 9.17) is 4.74 Å². The fraction of sp³-hybridized carbons (Fsp3) is 0.562. The molecular weight excluding hydrogens is 224 g/mol. The Morgan fingerprint density at radius 1 is 1.33 bits per heavy atom. The van der Waals surface area contributed by atoms with Crippen LogP contribution in [-0.4, -0.2) is 13.4 Å². The van der Waals surface area contributed by atoms with Crippen LogP contribution in [0.5, 0.6) is 5.75 Å². The predicted octanol–water partition coefficient (Wildman–Crippen LogP) is 3.99. The molecule has 18 heavy (non-hydrogen) atoms. The molecule has 1 unspecified atom stereocenters. The summed E-state index contributed by atoms with van der Waals surface area (Å²) < 4.78 is 5.51. The third-order valence-corrected chi connectivity index (χ3v) is 3.38. The van der Waals surface area contributed by atoms with Gasteiger partial charge in [0.15, 0.2) is 0 Å². The van der Waals surface area contributed by atoms with E-state index in [1.54, 1.807) is 7.11 Å². The van der Waals surface area contributed by atoms with Crippen molar-refractivity contribution in [2.24, 2.45) is 0 Å². The van der Waals surface area contributed by atoms with E-state index < -0.39 is 0 Å². The monoisotopic (exact) mass is 248 g/mol. The van der Waals surface area contributed by atoms with Crippen LogP contribution in [0.2, 0.25) is 0 Å². The first-order valence-electron chi connectivity index (χ1n) is 6.44. The molecule has 2 nitrogen and oxygen atoms in total. The van der Waals surface area contributed by atoms with Gasteiger partial charge in [0.25, 0.3) is 0 Å². The third kappa shape index (κ3) is 3.12. The molecule has 0 N–H and O–H groups in total. The first kappa shape index (κ1) is 14.7. The van der Waals surface area contributed by atoms with E-state index in [-0.39, 0.29) is 11.3 Å². The Kier molecular flexibility index (Phi) is 4.55. The van der Waals surface area contributed by atoms with Gasteiger partial charge in [-0.15, -0.1) is 0 Å². The van der Waals surface area contributed by atoms with Crippen molar-refractivity contribution >= 4 is 6.29 Å². The van der Waals surface area contributed by atoms with Gasteiger partial charge in [0.2, 0.25) is 0 Å². The Balaban J connectivity index is 3.31. The van der Waals surface area contributed by atoms with Gasteiger partial charge in [-0.1, -0.05) is 33.8 Å². The van der Waals surface area contributed by atoms with Crippen molar-refractivity contribution in [1.29, 1.82) is 0 Å². The number of carbonyl (C=O) groups is 1. The van der Waals surface area contributed by atoms with E-state index in [9.17, 15) is 4.79 Å². The molecule has 1 aromatic rings. The Labute approximate surface area is 110 Å². The highest BCUT2D eigenvalue weighted by molar-refractivity contribution is 5.53. The van der Waals surface area contributed by atoms with Crippen LogP contribution >= 0.6 is 0 Å². The van der Waals surface area contributed by atoms with E-state index in [1.807, 2.05) is 0 Å². The number of ether oxygens (including phenoxy) is 1. The molecule has 0 radical (unpaired) electrons. The van der Waals surface area contributed by atoms with Gasteiger partial charge >= 0.3 is 0 Å². The van der Waals surface area contributed by atoms with E-state index in [0.717, 1.165) is 12.0 Å². The SMILES string of the molecule is COc1cc(C(C)CC=O)c(C)cc1C(C)(C)C. The molecule has 0 saturated heterocycles. The quantitative estimate of drug-likeness (QED) is 0.753. The molecule has 0 spiro atoms. The Bertz CT molecular complexity index is 427. The molecule has 0 aromatic heterocycles. The summed E-state index contributed by atoms with van der Waals surface area (Å²) in [6.45, 7) is 10.7. The van der Waals surface area contributed by atoms with E-state index in [0.29, 0.717) is 6.42 Å². The number of rotatable bonds is 4. The summed E-state index contributed by atoms with van der Waals surface area (Å²) in [6.07, 6.45) is 1.53. The van der Waals surface area contributed by atoms with Gasteiger partial charge in [-0.25, -0.2) is 0 Å². The van der Waals surface area contributed by atoms with Gasteiger partial charge in [0.1, 0.15) is 12.0 Å². The molecule has 0 aliphatic rings. The summed E-state index contributed by atoms with van der Waals surface area (Å²) in [6, 6.07) is 4.28. The van der Waals surface area contributed by atoms with Crippen molar-refractivity contribution in [3.63, 3.8) is 0 Å². The molecular formula is C16H24O2. The lowest BCUT2D eigenvalue weighted by Crippen LogP contribution is -2.14. The molecule has 0 saturated carbocycles. The number of hydrogen-bond acceptors (Lipinski definition) is 2. The summed E-state index contributed by atoms with van der Waals surface area (Å²) >= 11 is 0. The van der Waals surface area contributed by atoms with Crippen LogP contribution in [0.4, 0.5) is 0 Å². The zero-order valence-electron chi connectivity index (χ0n) is 12.3. The molecule has 100 valence electrons. The van der Waals surface area contributed by atoms with Crippen molar-refractivity contribution in [3.05, 3.63) is 28.8 Å². The summed E-state index contributed by atoms with van der Waals surface area (Å²) in [7, 11) is 1.70. The number of methoxy groups -OCH3 is 1. The van der Waals surface area contributed by atoms with Crippen LogP contribution in [0.1, 0.15) is 56.7 Å². The first-order chi connectivity index (χ1) is 8.31. The number of carbonyl (C=O) groups excluding carboxylic acids is 1. The van der Waals surface area contributed by atoms with Crippen molar-refractivity contribution in [2.75, 3.05) is 7.11 Å². The Hall–Kier alpha value is -1.31. The second kappa shape index (κ2) is 5.55. The van der Waals surface area contributed by atoms with Crippen LogP contribution in [0.25, 0.3) is 0 Å². The predicted molar refractivity (Wildman–Crippen MR) is 75.5 cm³/mol. The van der Waals surface area contributed by atoms with Gasteiger partial charge in [-0.3, -0.25) is 0 Å². The summed E-state index contributed by atoms with van der Waals surface area (Å²) in [5.41, 5.74) is 3.70. The van der Waals surface area contributed by atoms with Crippen molar-refractivity contribution in [3.8, 4) is 5.75 Å². The molecule has 0 amide bonds. The van der Waals surface area contributed by atoms with E-state index >= 15 is 0 Å². The Morgan fingerprint density at radius 2 is 1.94 bits per heavy atom. The normalized spacial score (nSPS) is 13.2. The zero-order chi connectivity index (χ0) is 13.9. The molecule has 0 aliphatic carbocycles. The van der Waals surface area contributed by atoms with Gasteiger partial charge in [-0.05, 0) is 41.0 Å². The minimum Gasteiger partial charge on any atom is -0.496 e. The molecule has 0 aliphatic heterocycles. The number of benzene rings is 1. The summed E-state index contributed by atoms with van der Waals surface area (Å²) in [5, 5.41) is 0. The average Bonchev–Trinajstić information content (AvgIpc) is 2.27. The van der Waals surface area contributed by atoms with Crippen molar-refractivity contribution in [2.45, 2.75) is 52.4 Å². The van der Waals surface area contributed by atoms with Gasteiger partial charge < -0.3 is 9.53 Å². The maximum atomic E-state index is 10.6. The highest BCUT2D eigenvalue weighted by Gasteiger charge is 2.21. The maximum Gasteiger partial charge on any atom is 0.122 e. The molecule has 1 aromatic carbocycles. The second-order valence-electron chi connectivity index (χ2n) is 5.96. The van der Waals surface area contributed by atoms with Crippen LogP contribution in [0.3, 0.4) is 0 Å². The maximum absolute atomic E-state index is 10.6. The fourth-order valence-electron chi connectivity index (χ4n) is 2.26. The van der Waals surface area contributed by atoms with Crippen molar-refractivity contribution in [1.82, 2.24) is 0 Å². The van der Waals surface area contributed by atoms with Crippen LogP contribution in [-0.2, 0) is 10.2 Å². The minimum atomic E-state index is 0.0581. The fourth-order valence-corrected chi connectivity index (χ4v) is 2.26. The van der Waals surface area contributed by atoms with Gasteiger partial charge in [-0.2, -0.15) is 0 Å². The Morgan fingerprint density at radius 3 is 2.39 bits per heavy atom. The van der Waals surface area contributed by atoms with Crippen LogP contribution in [0, 0.1) is 6.92 Å². The largest absolute Gasteiger partial charge is 0.496 e. The zero-order valence-corrected chi connectivity index (χ0v) is 12.3. The second-order valence-corrected chi connectivity index (χ2v) is 5.96. The van der Waals surface area contributed by atoms with Crippen LogP contribution < -0.4 is 4.74 Å². The molecule has 2 heteroatoms. The standard InChI is InChI=1S/C16H24O2/c1-11(7-8-17)13-10-15(18-6)14(9-12(13)2)16(3,4)5/h8-11H,7H2,1-6H3. The lowest BCUT2D eigenvalue weighted by molar-refractivity contribution is -0.108. The molecule has 1 rings (SSSR count). The highest BCUT2D eigenvalue weighted by atomic mass is 16.5. The van der Waals surface area contributed by atoms with Crippen LogP contribution in [0.15, 0.2) is 12.1 Å². The molecule has 1 atom stereocenters. The topological polar surface area (TPSA) is 26.3 Å². The van der Waals surface area contributed by atoms with Gasteiger partial charge in [0.05, 0.1) is 7.11 Å². The van der Waals surface area contributed by atoms with Gasteiger partial charge in [0, 0.05) is 6.42 Å². The number of hydrogen-bond donors (Lipinski definition) is 0. The molecule has 0 heterocycles. The summed E-state index contributed by atoms with van der Waals surface area (Å²) in [4.78, 5) is 10.6. The lowest BCUT2D eigenvalue weighted by Gasteiger charge is -2.25. The molecule has 0 bridgehead atoms. The lowest BCUT2D eigenvalue weighted by atomic mass is 9.82. The number of aryl methyl sites for hydroxylation is 1. The number of aldehydes is 1. The van der Waals surface area contributed by atoms with E-state index in [1.165, 1.54) is 16.7 Å². The minimum absolute atomic E-state index is 0.0581. The average molecular weight is 248 g/mol. The summed E-state index contributed by atoms with van der Waals surface area (Å²) in [5.74, 6) is 1.16. The van der Waals surface area contributed by atoms with Crippen molar-refractivity contribution < 1.29 is 9.53 Å². The van der Waals surface area contributed by atoms with E-state index in [2.05, 4.69) is 46.8 Å². The first-order valence-corrected chi connectivity index (χ1v) is 6.44. The molecule has 0 fully saturated rings. The highest BCUT2D eigenvalue weighted by Crippen LogP contribution is 2.36.